The van der Waals surface area contributed by atoms with Crippen LogP contribution in [0.5, 0.6) is 0 Å². The minimum atomic E-state index is -0.0695. The van der Waals surface area contributed by atoms with Gasteiger partial charge < -0.3 is 4.74 Å². The molecule has 0 amide bonds. The molecule has 0 aromatic heterocycles. The molecular weight excluding hydrogens is 200 g/mol. The molecule has 0 spiro atoms. The molecule has 2 rings (SSSR count). The van der Waals surface area contributed by atoms with Gasteiger partial charge in [-0.2, -0.15) is 0 Å². The lowest BCUT2D eigenvalue weighted by molar-refractivity contribution is -0.146. The summed E-state index contributed by atoms with van der Waals surface area (Å²) in [5, 5.41) is 0.697. The molecule has 3 heteroatoms. The molecule has 0 unspecified atom stereocenters. The number of carbonyl (C=O) groups excluding carboxylic acids is 1. The number of benzene rings is 1. The lowest BCUT2D eigenvalue weighted by Gasteiger charge is -2.03. The van der Waals surface area contributed by atoms with Crippen LogP contribution in [0.3, 0.4) is 0 Å². The highest BCUT2D eigenvalue weighted by Crippen LogP contribution is 2.30. The van der Waals surface area contributed by atoms with Crippen LogP contribution in [-0.4, -0.2) is 5.97 Å². The Labute approximate surface area is 87.8 Å². The summed E-state index contributed by atoms with van der Waals surface area (Å²) < 4.78 is 5.11. The van der Waals surface area contributed by atoms with Crippen molar-refractivity contribution >= 4 is 17.6 Å². The topological polar surface area (TPSA) is 26.3 Å². The predicted octanol–water partition coefficient (Wildman–Crippen LogP) is 2.79. The number of hydrogen-bond acceptors (Lipinski definition) is 2. The van der Waals surface area contributed by atoms with Crippen molar-refractivity contribution in [1.82, 2.24) is 0 Å². The molecule has 0 radical (unpaired) electrons. The maximum Gasteiger partial charge on any atom is 0.309 e. The van der Waals surface area contributed by atoms with Crippen molar-refractivity contribution in [2.24, 2.45) is 5.92 Å². The van der Waals surface area contributed by atoms with Gasteiger partial charge in [-0.3, -0.25) is 4.79 Å². The van der Waals surface area contributed by atoms with E-state index in [-0.39, 0.29) is 11.9 Å². The van der Waals surface area contributed by atoms with Crippen molar-refractivity contribution in [1.29, 1.82) is 0 Å². The van der Waals surface area contributed by atoms with Gasteiger partial charge in [-0.15, -0.1) is 0 Å². The lowest BCUT2D eigenvalue weighted by atomic mass is 10.2. The Kier molecular flexibility index (Phi) is 2.73. The van der Waals surface area contributed by atoms with Crippen molar-refractivity contribution < 1.29 is 9.53 Å². The van der Waals surface area contributed by atoms with Crippen molar-refractivity contribution in [3.63, 3.8) is 0 Å². The second-order valence-corrected chi connectivity index (χ2v) is 3.94. The van der Waals surface area contributed by atoms with Gasteiger partial charge in [0.15, 0.2) is 0 Å². The van der Waals surface area contributed by atoms with Crippen molar-refractivity contribution in [2.75, 3.05) is 0 Å². The molecule has 0 atom stereocenters. The largest absolute Gasteiger partial charge is 0.461 e. The van der Waals surface area contributed by atoms with Crippen LogP contribution >= 0.6 is 11.6 Å². The Morgan fingerprint density at radius 2 is 2.00 bits per heavy atom. The van der Waals surface area contributed by atoms with Gasteiger partial charge in [-0.25, -0.2) is 0 Å². The van der Waals surface area contributed by atoms with E-state index in [1.54, 1.807) is 12.1 Å². The van der Waals surface area contributed by atoms with Crippen molar-refractivity contribution in [3.8, 4) is 0 Å². The molecule has 0 bridgehead atoms. The Bertz CT molecular complexity index is 328. The Morgan fingerprint density at radius 3 is 2.57 bits per heavy atom. The molecule has 0 saturated heterocycles. The molecule has 0 heterocycles. The fourth-order valence-electron chi connectivity index (χ4n) is 1.17. The molecule has 1 aliphatic carbocycles. The average Bonchev–Trinajstić information content (AvgIpc) is 3.00. The molecule has 74 valence electrons. The number of ether oxygens (including phenoxy) is 1. The molecule has 1 fully saturated rings. The van der Waals surface area contributed by atoms with Crippen LogP contribution < -0.4 is 0 Å². The van der Waals surface area contributed by atoms with Gasteiger partial charge in [0.2, 0.25) is 0 Å². The molecule has 0 N–H and O–H groups in total. The van der Waals surface area contributed by atoms with E-state index in [1.807, 2.05) is 12.1 Å². The maximum absolute atomic E-state index is 11.2. The van der Waals surface area contributed by atoms with Gasteiger partial charge in [-0.05, 0) is 30.5 Å². The summed E-state index contributed by atoms with van der Waals surface area (Å²) >= 11 is 5.73. The Morgan fingerprint density at radius 1 is 1.36 bits per heavy atom. The van der Waals surface area contributed by atoms with Gasteiger partial charge in [0, 0.05) is 5.02 Å². The zero-order valence-electron chi connectivity index (χ0n) is 7.70. The third-order valence-electron chi connectivity index (χ3n) is 2.21. The third kappa shape index (κ3) is 2.48. The highest BCUT2D eigenvalue weighted by Gasteiger charge is 2.31. The van der Waals surface area contributed by atoms with Crippen molar-refractivity contribution in [3.05, 3.63) is 34.9 Å². The van der Waals surface area contributed by atoms with Gasteiger partial charge in [0.1, 0.15) is 6.61 Å². The van der Waals surface area contributed by atoms with Crippen LogP contribution in [0.15, 0.2) is 24.3 Å². The molecule has 14 heavy (non-hydrogen) atoms. The maximum atomic E-state index is 11.2. The van der Waals surface area contributed by atoms with E-state index in [9.17, 15) is 4.79 Å². The number of halogens is 1. The van der Waals surface area contributed by atoms with E-state index < -0.39 is 0 Å². The molecule has 1 aromatic rings. The van der Waals surface area contributed by atoms with E-state index in [0.717, 1.165) is 18.4 Å². The SMILES string of the molecule is O=C(OCc1ccc(Cl)cc1)C1CC1. The van der Waals surface area contributed by atoms with Crippen LogP contribution in [0.2, 0.25) is 5.02 Å². The minimum Gasteiger partial charge on any atom is -0.461 e. The quantitative estimate of drug-likeness (QED) is 0.718. The number of esters is 1. The Balaban J connectivity index is 1.85. The monoisotopic (exact) mass is 210 g/mol. The summed E-state index contributed by atoms with van der Waals surface area (Å²) in [6.07, 6.45) is 1.97. The first-order valence-electron chi connectivity index (χ1n) is 4.67. The lowest BCUT2D eigenvalue weighted by Crippen LogP contribution is -2.06. The normalized spacial score (nSPS) is 15.2. The average molecular weight is 211 g/mol. The first kappa shape index (κ1) is 9.53. The zero-order valence-corrected chi connectivity index (χ0v) is 8.46. The molecular formula is C11H11ClO2. The van der Waals surface area contributed by atoms with Gasteiger partial charge >= 0.3 is 5.97 Å². The fourth-order valence-corrected chi connectivity index (χ4v) is 1.30. The summed E-state index contributed by atoms with van der Waals surface area (Å²) in [5.41, 5.74) is 0.975. The number of carbonyl (C=O) groups is 1. The minimum absolute atomic E-state index is 0.0695. The van der Waals surface area contributed by atoms with E-state index in [1.165, 1.54) is 0 Å². The fraction of sp³-hybridized carbons (Fsp3) is 0.364. The molecule has 1 aromatic carbocycles. The summed E-state index contributed by atoms with van der Waals surface area (Å²) in [6, 6.07) is 7.31. The summed E-state index contributed by atoms with van der Waals surface area (Å²) in [4.78, 5) is 11.2. The molecule has 1 saturated carbocycles. The zero-order chi connectivity index (χ0) is 9.97. The van der Waals surface area contributed by atoms with Gasteiger partial charge in [0.25, 0.3) is 0 Å². The van der Waals surface area contributed by atoms with Crippen LogP contribution in [0.1, 0.15) is 18.4 Å². The smallest absolute Gasteiger partial charge is 0.309 e. The standard InChI is InChI=1S/C11H11ClO2/c12-10-5-1-8(2-6-10)7-14-11(13)9-3-4-9/h1-2,5-6,9H,3-4,7H2. The van der Waals surface area contributed by atoms with Gasteiger partial charge in [0.05, 0.1) is 5.92 Å². The first-order chi connectivity index (χ1) is 6.75. The van der Waals surface area contributed by atoms with E-state index in [4.69, 9.17) is 16.3 Å². The van der Waals surface area contributed by atoms with Crippen molar-refractivity contribution in [2.45, 2.75) is 19.4 Å². The van der Waals surface area contributed by atoms with Crippen LogP contribution in [0, 0.1) is 5.92 Å². The van der Waals surface area contributed by atoms with E-state index >= 15 is 0 Å². The number of hydrogen-bond donors (Lipinski definition) is 0. The highest BCUT2D eigenvalue weighted by molar-refractivity contribution is 6.30. The predicted molar refractivity (Wildman–Crippen MR) is 54.0 cm³/mol. The van der Waals surface area contributed by atoms with Crippen LogP contribution in [0.4, 0.5) is 0 Å². The van der Waals surface area contributed by atoms with Crippen LogP contribution in [0.25, 0.3) is 0 Å². The molecule has 2 nitrogen and oxygen atoms in total. The first-order valence-corrected chi connectivity index (χ1v) is 5.04. The second-order valence-electron chi connectivity index (χ2n) is 3.51. The third-order valence-corrected chi connectivity index (χ3v) is 2.46. The summed E-state index contributed by atoms with van der Waals surface area (Å²) in [7, 11) is 0. The van der Waals surface area contributed by atoms with E-state index in [0.29, 0.717) is 11.6 Å². The summed E-state index contributed by atoms with van der Waals surface area (Å²) in [5.74, 6) is 0.0993. The molecule has 1 aliphatic rings. The Hall–Kier alpha value is -1.02. The van der Waals surface area contributed by atoms with Crippen LogP contribution in [-0.2, 0) is 16.1 Å². The van der Waals surface area contributed by atoms with Gasteiger partial charge in [-0.1, -0.05) is 23.7 Å². The summed E-state index contributed by atoms with van der Waals surface area (Å²) in [6.45, 7) is 0.354. The molecule has 0 aliphatic heterocycles. The second kappa shape index (κ2) is 4.01. The van der Waals surface area contributed by atoms with E-state index in [2.05, 4.69) is 0 Å². The number of rotatable bonds is 3. The highest BCUT2D eigenvalue weighted by atomic mass is 35.5.